The Morgan fingerprint density at radius 1 is 1.07 bits per heavy atom. The van der Waals surface area contributed by atoms with Crippen molar-refractivity contribution >= 4 is 23.7 Å². The van der Waals surface area contributed by atoms with Crippen molar-refractivity contribution in [3.8, 4) is 5.69 Å². The van der Waals surface area contributed by atoms with Gasteiger partial charge in [0.2, 0.25) is 0 Å². The van der Waals surface area contributed by atoms with E-state index in [0.29, 0.717) is 55.8 Å². The van der Waals surface area contributed by atoms with Gasteiger partial charge in [0.05, 0.1) is 6.20 Å². The fourth-order valence-electron chi connectivity index (χ4n) is 3.43. The highest BCUT2D eigenvalue weighted by molar-refractivity contribution is 7.98. The summed E-state index contributed by atoms with van der Waals surface area (Å²) < 4.78 is 15.1. The standard InChI is InChI=1S/C20H26FN5O2S/c1-4-23(5-2)20(28)25-12-10-24(11-13-25)18(27)17-14-22-19(29-3)26(17)16-8-6-15(21)7-9-16/h6-9,14H,4-5,10-13H2,1-3H3. The van der Waals surface area contributed by atoms with Gasteiger partial charge in [-0.3, -0.25) is 9.36 Å². The summed E-state index contributed by atoms with van der Waals surface area (Å²) in [5, 5.41) is 0.662. The molecular formula is C20H26FN5O2S. The van der Waals surface area contributed by atoms with Gasteiger partial charge in [0.15, 0.2) is 5.16 Å². The lowest BCUT2D eigenvalue weighted by Crippen LogP contribution is -2.54. The Kier molecular flexibility index (Phi) is 6.79. The van der Waals surface area contributed by atoms with Gasteiger partial charge in [-0.1, -0.05) is 11.8 Å². The van der Waals surface area contributed by atoms with E-state index >= 15 is 0 Å². The number of imidazole rings is 1. The zero-order chi connectivity index (χ0) is 21.0. The Balaban J connectivity index is 1.76. The van der Waals surface area contributed by atoms with Crippen LogP contribution in [-0.4, -0.2) is 81.7 Å². The van der Waals surface area contributed by atoms with E-state index in [0.717, 1.165) is 0 Å². The molecule has 1 aromatic heterocycles. The molecule has 3 rings (SSSR count). The van der Waals surface area contributed by atoms with E-state index in [4.69, 9.17) is 0 Å². The van der Waals surface area contributed by atoms with Gasteiger partial charge in [0, 0.05) is 45.0 Å². The molecule has 0 N–H and O–H groups in total. The topological polar surface area (TPSA) is 61.7 Å². The summed E-state index contributed by atoms with van der Waals surface area (Å²) >= 11 is 1.42. The maximum atomic E-state index is 13.3. The van der Waals surface area contributed by atoms with E-state index in [2.05, 4.69) is 4.98 Å². The van der Waals surface area contributed by atoms with Crippen LogP contribution in [0.15, 0.2) is 35.6 Å². The van der Waals surface area contributed by atoms with Crippen LogP contribution in [0.4, 0.5) is 9.18 Å². The lowest BCUT2D eigenvalue weighted by molar-refractivity contribution is 0.0633. The second-order valence-corrected chi connectivity index (χ2v) is 7.45. The smallest absolute Gasteiger partial charge is 0.320 e. The number of thioether (sulfide) groups is 1. The Hall–Kier alpha value is -2.55. The molecule has 0 saturated carbocycles. The second kappa shape index (κ2) is 9.30. The quantitative estimate of drug-likeness (QED) is 0.699. The Labute approximate surface area is 174 Å². The molecule has 1 aliphatic heterocycles. The predicted octanol–water partition coefficient (Wildman–Crippen LogP) is 2.95. The van der Waals surface area contributed by atoms with Crippen LogP contribution in [0, 0.1) is 5.82 Å². The summed E-state index contributed by atoms with van der Waals surface area (Å²) in [7, 11) is 0. The number of urea groups is 1. The molecule has 0 atom stereocenters. The van der Waals surface area contributed by atoms with E-state index in [1.54, 1.807) is 37.6 Å². The number of halogens is 1. The average Bonchev–Trinajstić information content (AvgIpc) is 3.18. The number of benzene rings is 1. The van der Waals surface area contributed by atoms with E-state index in [9.17, 15) is 14.0 Å². The number of hydrogen-bond acceptors (Lipinski definition) is 4. The number of hydrogen-bond donors (Lipinski definition) is 0. The van der Waals surface area contributed by atoms with Gasteiger partial charge >= 0.3 is 6.03 Å². The summed E-state index contributed by atoms with van der Waals surface area (Å²) in [6.07, 6.45) is 3.44. The van der Waals surface area contributed by atoms with Crippen molar-refractivity contribution < 1.29 is 14.0 Å². The lowest BCUT2D eigenvalue weighted by atomic mass is 10.2. The van der Waals surface area contributed by atoms with Gasteiger partial charge in [0.1, 0.15) is 11.5 Å². The fraction of sp³-hybridized carbons (Fsp3) is 0.450. The van der Waals surface area contributed by atoms with Gasteiger partial charge in [-0.2, -0.15) is 0 Å². The normalized spacial score (nSPS) is 14.2. The largest absolute Gasteiger partial charge is 0.334 e. The van der Waals surface area contributed by atoms with Crippen LogP contribution < -0.4 is 0 Å². The Bertz CT molecular complexity index is 858. The number of amides is 3. The zero-order valence-corrected chi connectivity index (χ0v) is 17.8. The number of carbonyl (C=O) groups is 2. The first kappa shape index (κ1) is 21.2. The average molecular weight is 420 g/mol. The first-order chi connectivity index (χ1) is 14.0. The first-order valence-electron chi connectivity index (χ1n) is 9.70. The fourth-order valence-corrected chi connectivity index (χ4v) is 3.97. The first-order valence-corrected chi connectivity index (χ1v) is 10.9. The van der Waals surface area contributed by atoms with Crippen molar-refractivity contribution in [2.45, 2.75) is 19.0 Å². The number of aromatic nitrogens is 2. The van der Waals surface area contributed by atoms with Crippen LogP contribution in [0.5, 0.6) is 0 Å². The van der Waals surface area contributed by atoms with Crippen molar-refractivity contribution in [2.75, 3.05) is 45.5 Å². The number of piperazine rings is 1. The van der Waals surface area contributed by atoms with Crippen LogP contribution in [0.25, 0.3) is 5.69 Å². The summed E-state index contributed by atoms with van der Waals surface area (Å²) in [6, 6.07) is 6.02. The number of carbonyl (C=O) groups excluding carboxylic acids is 2. The van der Waals surface area contributed by atoms with E-state index in [-0.39, 0.29) is 17.8 Å². The van der Waals surface area contributed by atoms with Crippen molar-refractivity contribution in [3.63, 3.8) is 0 Å². The van der Waals surface area contributed by atoms with E-state index < -0.39 is 0 Å². The van der Waals surface area contributed by atoms with Crippen LogP contribution in [-0.2, 0) is 0 Å². The summed E-state index contributed by atoms with van der Waals surface area (Å²) in [4.78, 5) is 35.4. The maximum Gasteiger partial charge on any atom is 0.320 e. The monoisotopic (exact) mass is 419 g/mol. The highest BCUT2D eigenvalue weighted by atomic mass is 32.2. The van der Waals surface area contributed by atoms with Gasteiger partial charge in [-0.15, -0.1) is 0 Å². The highest BCUT2D eigenvalue weighted by Crippen LogP contribution is 2.23. The molecular weight excluding hydrogens is 393 g/mol. The van der Waals surface area contributed by atoms with Gasteiger partial charge < -0.3 is 14.7 Å². The summed E-state index contributed by atoms with van der Waals surface area (Å²) in [5.74, 6) is -0.474. The Morgan fingerprint density at radius 2 is 1.66 bits per heavy atom. The third-order valence-corrected chi connectivity index (χ3v) is 5.74. The molecule has 0 aliphatic carbocycles. The molecule has 0 spiro atoms. The van der Waals surface area contributed by atoms with Crippen molar-refractivity contribution in [1.29, 1.82) is 0 Å². The molecule has 2 heterocycles. The van der Waals surface area contributed by atoms with E-state index in [1.165, 1.54) is 23.9 Å². The number of rotatable bonds is 5. The summed E-state index contributed by atoms with van der Waals surface area (Å²) in [6.45, 7) is 7.19. The molecule has 1 aliphatic rings. The molecule has 9 heteroatoms. The third-order valence-electron chi connectivity index (χ3n) is 5.09. The molecule has 0 unspecified atom stereocenters. The molecule has 29 heavy (non-hydrogen) atoms. The van der Waals surface area contributed by atoms with Crippen LogP contribution in [0.3, 0.4) is 0 Å². The van der Waals surface area contributed by atoms with Crippen LogP contribution in [0.2, 0.25) is 0 Å². The van der Waals surface area contributed by atoms with Gasteiger partial charge in [0.25, 0.3) is 5.91 Å². The van der Waals surface area contributed by atoms with Crippen LogP contribution in [0.1, 0.15) is 24.3 Å². The zero-order valence-electron chi connectivity index (χ0n) is 17.0. The van der Waals surface area contributed by atoms with Crippen molar-refractivity contribution in [3.05, 3.63) is 42.0 Å². The predicted molar refractivity (Wildman–Crippen MR) is 111 cm³/mol. The minimum absolute atomic E-state index is 0.0168. The third kappa shape index (κ3) is 4.39. The maximum absolute atomic E-state index is 13.3. The Morgan fingerprint density at radius 3 is 2.21 bits per heavy atom. The molecule has 156 valence electrons. The highest BCUT2D eigenvalue weighted by Gasteiger charge is 2.29. The second-order valence-electron chi connectivity index (χ2n) is 6.68. The molecule has 0 radical (unpaired) electrons. The molecule has 7 nitrogen and oxygen atoms in total. The minimum atomic E-state index is -0.332. The van der Waals surface area contributed by atoms with Gasteiger partial charge in [-0.25, -0.2) is 14.2 Å². The summed E-state index contributed by atoms with van der Waals surface area (Å²) in [5.41, 5.74) is 1.12. The minimum Gasteiger partial charge on any atom is -0.334 e. The molecule has 1 aromatic carbocycles. The van der Waals surface area contributed by atoms with Gasteiger partial charge in [-0.05, 0) is 44.4 Å². The molecule has 2 aromatic rings. The van der Waals surface area contributed by atoms with Crippen LogP contribution >= 0.6 is 11.8 Å². The SMILES string of the molecule is CCN(CC)C(=O)N1CCN(C(=O)c2cnc(SC)n2-c2ccc(F)cc2)CC1. The van der Waals surface area contributed by atoms with E-state index in [1.807, 2.05) is 20.1 Å². The molecule has 1 fully saturated rings. The molecule has 3 amide bonds. The molecule has 0 bridgehead atoms. The van der Waals surface area contributed by atoms with Crippen molar-refractivity contribution in [1.82, 2.24) is 24.3 Å². The lowest BCUT2D eigenvalue weighted by Gasteiger charge is -2.37. The van der Waals surface area contributed by atoms with Crippen molar-refractivity contribution in [2.24, 2.45) is 0 Å². The number of nitrogens with zero attached hydrogens (tertiary/aromatic N) is 5. The molecule has 1 saturated heterocycles.